The van der Waals surface area contributed by atoms with Crippen LogP contribution in [0.15, 0.2) is 24.3 Å². The first-order valence-corrected chi connectivity index (χ1v) is 6.87. The van der Waals surface area contributed by atoms with Crippen LogP contribution in [0.2, 0.25) is 0 Å². The Hall–Kier alpha value is -1.35. The van der Waals surface area contributed by atoms with Crippen molar-refractivity contribution in [3.05, 3.63) is 35.4 Å². The van der Waals surface area contributed by atoms with Gasteiger partial charge in [0.05, 0.1) is 0 Å². The zero-order valence-corrected chi connectivity index (χ0v) is 10.9. The van der Waals surface area contributed by atoms with Crippen molar-refractivity contribution in [1.82, 2.24) is 10.2 Å². The molecule has 1 aromatic carbocycles. The van der Waals surface area contributed by atoms with Crippen LogP contribution in [0.25, 0.3) is 0 Å². The van der Waals surface area contributed by atoms with Gasteiger partial charge in [-0.1, -0.05) is 19.1 Å². The van der Waals surface area contributed by atoms with Crippen molar-refractivity contribution < 1.29 is 4.79 Å². The van der Waals surface area contributed by atoms with Crippen LogP contribution in [0.3, 0.4) is 0 Å². The summed E-state index contributed by atoms with van der Waals surface area (Å²) in [7, 11) is 0. The van der Waals surface area contributed by atoms with Gasteiger partial charge in [0, 0.05) is 31.7 Å². The number of carbonyl (C=O) groups is 1. The molecular weight excluding hydrogens is 224 g/mol. The van der Waals surface area contributed by atoms with Gasteiger partial charge in [0.25, 0.3) is 5.91 Å². The summed E-state index contributed by atoms with van der Waals surface area (Å²) in [4.78, 5) is 14.4. The minimum atomic E-state index is 0.201. The summed E-state index contributed by atoms with van der Waals surface area (Å²) in [5.74, 6) is 1.54. The Bertz CT molecular complexity index is 428. The molecular formula is C15H20N2O. The number of nitrogens with one attached hydrogen (secondary N) is 1. The number of hydrogen-bond acceptors (Lipinski definition) is 2. The predicted molar refractivity (Wildman–Crippen MR) is 71.6 cm³/mol. The lowest BCUT2D eigenvalue weighted by molar-refractivity contribution is 0.0781. The number of aryl methyl sites for hydroxylation is 1. The third-order valence-electron chi connectivity index (χ3n) is 4.29. The van der Waals surface area contributed by atoms with Crippen LogP contribution in [0, 0.1) is 11.8 Å². The van der Waals surface area contributed by atoms with Crippen molar-refractivity contribution in [3.8, 4) is 0 Å². The van der Waals surface area contributed by atoms with Gasteiger partial charge < -0.3 is 10.2 Å². The average molecular weight is 244 g/mol. The maximum atomic E-state index is 12.4. The Morgan fingerprint density at radius 1 is 1.22 bits per heavy atom. The van der Waals surface area contributed by atoms with Gasteiger partial charge in [-0.2, -0.15) is 0 Å². The first kappa shape index (κ1) is 11.7. The Kier molecular flexibility index (Phi) is 3.08. The fourth-order valence-electron chi connectivity index (χ4n) is 3.09. The summed E-state index contributed by atoms with van der Waals surface area (Å²) < 4.78 is 0. The Balaban J connectivity index is 1.70. The lowest BCUT2D eigenvalue weighted by Gasteiger charge is -2.17. The molecule has 2 aliphatic heterocycles. The summed E-state index contributed by atoms with van der Waals surface area (Å²) in [6.45, 7) is 6.12. The van der Waals surface area contributed by atoms with Gasteiger partial charge in [-0.15, -0.1) is 0 Å². The van der Waals surface area contributed by atoms with E-state index in [1.807, 2.05) is 17.0 Å². The standard InChI is InChI=1S/C15H20N2O/c1-2-11-3-5-12(6-4-11)15(18)17-9-13-7-16-8-14(13)10-17/h3-6,13-14,16H,2,7-10H2,1H3. The first-order valence-electron chi connectivity index (χ1n) is 6.87. The topological polar surface area (TPSA) is 32.3 Å². The fraction of sp³-hybridized carbons (Fsp3) is 0.533. The van der Waals surface area contributed by atoms with E-state index < -0.39 is 0 Å². The third kappa shape index (κ3) is 2.03. The van der Waals surface area contributed by atoms with Crippen LogP contribution in [0.4, 0.5) is 0 Å². The molecule has 2 atom stereocenters. The molecule has 0 spiro atoms. The molecule has 0 bridgehead atoms. The molecule has 0 aromatic heterocycles. The molecule has 2 heterocycles. The molecule has 1 aromatic rings. The zero-order valence-electron chi connectivity index (χ0n) is 10.9. The molecule has 1 N–H and O–H groups in total. The van der Waals surface area contributed by atoms with Crippen LogP contribution in [0.5, 0.6) is 0 Å². The predicted octanol–water partition coefficient (Wildman–Crippen LogP) is 1.54. The Labute approximate surface area is 108 Å². The van der Waals surface area contributed by atoms with Crippen molar-refractivity contribution >= 4 is 5.91 Å². The number of fused-ring (bicyclic) bond motifs is 1. The number of nitrogens with zero attached hydrogens (tertiary/aromatic N) is 1. The molecule has 1 amide bonds. The highest BCUT2D eigenvalue weighted by atomic mass is 16.2. The molecule has 0 aliphatic carbocycles. The quantitative estimate of drug-likeness (QED) is 0.856. The minimum Gasteiger partial charge on any atom is -0.338 e. The highest BCUT2D eigenvalue weighted by Gasteiger charge is 2.38. The minimum absolute atomic E-state index is 0.201. The molecule has 18 heavy (non-hydrogen) atoms. The molecule has 3 heteroatoms. The Morgan fingerprint density at radius 2 is 1.83 bits per heavy atom. The van der Waals surface area contributed by atoms with Gasteiger partial charge in [0.1, 0.15) is 0 Å². The Morgan fingerprint density at radius 3 is 2.39 bits per heavy atom. The van der Waals surface area contributed by atoms with Crippen LogP contribution in [0.1, 0.15) is 22.8 Å². The van der Waals surface area contributed by atoms with Gasteiger partial charge in [0.2, 0.25) is 0 Å². The van der Waals surface area contributed by atoms with Gasteiger partial charge in [-0.25, -0.2) is 0 Å². The summed E-state index contributed by atoms with van der Waals surface area (Å²) in [6.07, 6.45) is 1.02. The molecule has 0 saturated carbocycles. The van der Waals surface area contributed by atoms with Crippen LogP contribution < -0.4 is 5.32 Å². The number of benzene rings is 1. The smallest absolute Gasteiger partial charge is 0.253 e. The monoisotopic (exact) mass is 244 g/mol. The average Bonchev–Trinajstić information content (AvgIpc) is 2.99. The van der Waals surface area contributed by atoms with Gasteiger partial charge in [-0.05, 0) is 36.0 Å². The third-order valence-corrected chi connectivity index (χ3v) is 4.29. The number of likely N-dealkylation sites (tertiary alicyclic amines) is 1. The lowest BCUT2D eigenvalue weighted by atomic mass is 10.0. The van der Waals surface area contributed by atoms with E-state index >= 15 is 0 Å². The maximum absolute atomic E-state index is 12.4. The normalized spacial score (nSPS) is 26.4. The highest BCUT2D eigenvalue weighted by molar-refractivity contribution is 5.94. The second-order valence-corrected chi connectivity index (χ2v) is 5.44. The van der Waals surface area contributed by atoms with E-state index in [4.69, 9.17) is 0 Å². The first-order chi connectivity index (χ1) is 8.78. The van der Waals surface area contributed by atoms with Gasteiger partial charge >= 0.3 is 0 Å². The summed E-state index contributed by atoms with van der Waals surface area (Å²) >= 11 is 0. The van der Waals surface area contributed by atoms with E-state index in [9.17, 15) is 4.79 Å². The SMILES string of the molecule is CCc1ccc(C(=O)N2CC3CNCC3C2)cc1. The second-order valence-electron chi connectivity index (χ2n) is 5.44. The van der Waals surface area contributed by atoms with E-state index in [-0.39, 0.29) is 5.91 Å². The second kappa shape index (κ2) is 4.73. The van der Waals surface area contributed by atoms with E-state index in [0.29, 0.717) is 11.8 Å². The number of rotatable bonds is 2. The van der Waals surface area contributed by atoms with E-state index in [1.165, 1.54) is 5.56 Å². The molecule has 96 valence electrons. The van der Waals surface area contributed by atoms with Gasteiger partial charge in [-0.3, -0.25) is 4.79 Å². The van der Waals surface area contributed by atoms with Crippen molar-refractivity contribution in [2.24, 2.45) is 11.8 Å². The maximum Gasteiger partial charge on any atom is 0.253 e. The molecule has 3 rings (SSSR count). The zero-order chi connectivity index (χ0) is 12.5. The van der Waals surface area contributed by atoms with Crippen molar-refractivity contribution in [2.45, 2.75) is 13.3 Å². The molecule has 2 fully saturated rings. The van der Waals surface area contributed by atoms with Crippen molar-refractivity contribution in [1.29, 1.82) is 0 Å². The molecule has 2 saturated heterocycles. The largest absolute Gasteiger partial charge is 0.338 e. The molecule has 3 nitrogen and oxygen atoms in total. The van der Waals surface area contributed by atoms with Crippen LogP contribution in [-0.4, -0.2) is 37.0 Å². The van der Waals surface area contributed by atoms with Crippen molar-refractivity contribution in [3.63, 3.8) is 0 Å². The molecule has 2 aliphatic rings. The van der Waals surface area contributed by atoms with E-state index in [2.05, 4.69) is 24.4 Å². The van der Waals surface area contributed by atoms with Crippen LogP contribution in [-0.2, 0) is 6.42 Å². The highest BCUT2D eigenvalue weighted by Crippen LogP contribution is 2.27. The summed E-state index contributed by atoms with van der Waals surface area (Å²) in [6, 6.07) is 8.05. The fourth-order valence-corrected chi connectivity index (χ4v) is 3.09. The van der Waals surface area contributed by atoms with E-state index in [0.717, 1.165) is 38.2 Å². The van der Waals surface area contributed by atoms with Crippen molar-refractivity contribution in [2.75, 3.05) is 26.2 Å². The number of carbonyl (C=O) groups excluding carboxylic acids is 1. The van der Waals surface area contributed by atoms with Gasteiger partial charge in [0.15, 0.2) is 0 Å². The lowest BCUT2D eigenvalue weighted by Crippen LogP contribution is -2.31. The summed E-state index contributed by atoms with van der Waals surface area (Å²) in [5.41, 5.74) is 2.12. The van der Waals surface area contributed by atoms with E-state index in [1.54, 1.807) is 0 Å². The summed E-state index contributed by atoms with van der Waals surface area (Å²) in [5, 5.41) is 3.40. The number of amides is 1. The molecule has 2 unspecified atom stereocenters. The van der Waals surface area contributed by atoms with Crippen LogP contribution >= 0.6 is 0 Å². The molecule has 0 radical (unpaired) electrons. The number of hydrogen-bond donors (Lipinski definition) is 1.